The van der Waals surface area contributed by atoms with Crippen molar-refractivity contribution in [3.8, 4) is 0 Å². The Hall–Kier alpha value is -1.16. The molecule has 25 heavy (non-hydrogen) atoms. The third-order valence-corrected chi connectivity index (χ3v) is 5.74. The SMILES string of the molecule is CC1CCCCN1S(=O)(=O)NCc1ccc(COCC(F)(F)F)cc1. The number of ether oxygens (including phenoxy) is 1. The molecule has 9 heteroatoms. The van der Waals surface area contributed by atoms with Crippen LogP contribution in [0.15, 0.2) is 24.3 Å². The number of hydrogen-bond donors (Lipinski definition) is 1. The molecule has 1 heterocycles. The normalized spacial score (nSPS) is 19.9. The lowest BCUT2D eigenvalue weighted by atomic mass is 10.1. The standard InChI is InChI=1S/C16H23F3N2O3S/c1-13-4-2-3-9-21(13)25(22,23)20-10-14-5-7-15(8-6-14)11-24-12-16(17,18)19/h5-8,13,20H,2-4,9-12H2,1H3. The van der Waals surface area contributed by atoms with Crippen molar-refractivity contribution in [2.75, 3.05) is 13.2 Å². The van der Waals surface area contributed by atoms with Gasteiger partial charge in [0.05, 0.1) is 6.61 Å². The van der Waals surface area contributed by atoms with E-state index in [0.717, 1.165) is 24.8 Å². The average Bonchev–Trinajstić information content (AvgIpc) is 2.53. The van der Waals surface area contributed by atoms with Crippen molar-refractivity contribution in [1.82, 2.24) is 9.03 Å². The quantitative estimate of drug-likeness (QED) is 0.791. The number of hydrogen-bond acceptors (Lipinski definition) is 3. The van der Waals surface area contributed by atoms with Gasteiger partial charge < -0.3 is 4.74 Å². The summed E-state index contributed by atoms with van der Waals surface area (Å²) in [5, 5.41) is 0. The highest BCUT2D eigenvalue weighted by Crippen LogP contribution is 2.19. The molecule has 2 rings (SSSR count). The Bertz CT molecular complexity index is 648. The van der Waals surface area contributed by atoms with Crippen LogP contribution in [0.1, 0.15) is 37.3 Å². The van der Waals surface area contributed by atoms with E-state index in [1.165, 1.54) is 4.31 Å². The van der Waals surface area contributed by atoms with E-state index in [1.807, 2.05) is 6.92 Å². The summed E-state index contributed by atoms with van der Waals surface area (Å²) < 4.78 is 69.4. The molecule has 1 atom stereocenters. The van der Waals surface area contributed by atoms with Gasteiger partial charge in [-0.15, -0.1) is 0 Å². The Labute approximate surface area is 146 Å². The van der Waals surface area contributed by atoms with Crippen LogP contribution >= 0.6 is 0 Å². The van der Waals surface area contributed by atoms with E-state index >= 15 is 0 Å². The Morgan fingerprint density at radius 3 is 2.44 bits per heavy atom. The molecule has 0 bridgehead atoms. The van der Waals surface area contributed by atoms with Gasteiger partial charge in [0, 0.05) is 19.1 Å². The van der Waals surface area contributed by atoms with Gasteiger partial charge in [0.25, 0.3) is 10.2 Å². The van der Waals surface area contributed by atoms with Crippen LogP contribution in [0, 0.1) is 0 Å². The molecule has 1 aliphatic heterocycles. The first-order chi connectivity index (χ1) is 11.7. The van der Waals surface area contributed by atoms with Gasteiger partial charge in [-0.05, 0) is 30.9 Å². The number of piperidine rings is 1. The molecule has 1 N–H and O–H groups in total. The first kappa shape index (κ1) is 20.2. The molecule has 0 aromatic heterocycles. The molecular formula is C16H23F3N2O3S. The van der Waals surface area contributed by atoms with Gasteiger partial charge in [-0.1, -0.05) is 30.7 Å². The van der Waals surface area contributed by atoms with E-state index in [4.69, 9.17) is 0 Å². The molecule has 0 spiro atoms. The zero-order valence-electron chi connectivity index (χ0n) is 14.1. The molecule has 1 aromatic carbocycles. The number of alkyl halides is 3. The van der Waals surface area contributed by atoms with Gasteiger partial charge in [-0.2, -0.15) is 30.6 Å². The van der Waals surface area contributed by atoms with E-state index in [9.17, 15) is 21.6 Å². The van der Waals surface area contributed by atoms with Crippen molar-refractivity contribution in [3.05, 3.63) is 35.4 Å². The predicted octanol–water partition coefficient (Wildman–Crippen LogP) is 2.97. The second kappa shape index (κ2) is 8.48. The van der Waals surface area contributed by atoms with Crippen LogP contribution in [-0.2, 0) is 28.1 Å². The summed E-state index contributed by atoms with van der Waals surface area (Å²) in [6.07, 6.45) is -1.60. The Kier molecular flexibility index (Phi) is 6.84. The topological polar surface area (TPSA) is 58.6 Å². The van der Waals surface area contributed by atoms with Crippen LogP contribution in [0.25, 0.3) is 0 Å². The lowest BCUT2D eigenvalue weighted by Crippen LogP contribution is -2.47. The lowest BCUT2D eigenvalue weighted by molar-refractivity contribution is -0.176. The second-order valence-corrected chi connectivity index (χ2v) is 7.91. The van der Waals surface area contributed by atoms with Gasteiger partial charge in [0.15, 0.2) is 0 Å². The summed E-state index contributed by atoms with van der Waals surface area (Å²) in [5.41, 5.74) is 1.33. The van der Waals surface area contributed by atoms with Crippen molar-refractivity contribution < 1.29 is 26.3 Å². The minimum Gasteiger partial charge on any atom is -0.367 e. The molecular weight excluding hydrogens is 357 g/mol. The average molecular weight is 380 g/mol. The lowest BCUT2D eigenvalue weighted by Gasteiger charge is -2.32. The van der Waals surface area contributed by atoms with Crippen LogP contribution in [0.3, 0.4) is 0 Å². The minimum absolute atomic E-state index is 0.0144. The maximum absolute atomic E-state index is 12.4. The highest BCUT2D eigenvalue weighted by molar-refractivity contribution is 7.87. The fourth-order valence-electron chi connectivity index (χ4n) is 2.72. The van der Waals surface area contributed by atoms with Crippen LogP contribution in [0.2, 0.25) is 0 Å². The van der Waals surface area contributed by atoms with Crippen LogP contribution in [0.4, 0.5) is 13.2 Å². The third-order valence-electron chi connectivity index (χ3n) is 4.07. The molecule has 0 aliphatic carbocycles. The maximum atomic E-state index is 12.4. The number of nitrogens with one attached hydrogen (secondary N) is 1. The monoisotopic (exact) mass is 380 g/mol. The van der Waals surface area contributed by atoms with Gasteiger partial charge in [-0.3, -0.25) is 0 Å². The zero-order chi connectivity index (χ0) is 18.5. The van der Waals surface area contributed by atoms with E-state index in [2.05, 4.69) is 9.46 Å². The van der Waals surface area contributed by atoms with E-state index in [-0.39, 0.29) is 19.2 Å². The molecule has 5 nitrogen and oxygen atoms in total. The summed E-state index contributed by atoms with van der Waals surface area (Å²) >= 11 is 0. The summed E-state index contributed by atoms with van der Waals surface area (Å²) in [6.45, 7) is 1.12. The first-order valence-electron chi connectivity index (χ1n) is 8.16. The summed E-state index contributed by atoms with van der Waals surface area (Å²) in [4.78, 5) is 0. The molecule has 1 aromatic rings. The first-order valence-corrected chi connectivity index (χ1v) is 9.60. The fraction of sp³-hybridized carbons (Fsp3) is 0.625. The van der Waals surface area contributed by atoms with E-state index in [1.54, 1.807) is 24.3 Å². The Balaban J connectivity index is 1.84. The van der Waals surface area contributed by atoms with Crippen molar-refractivity contribution in [1.29, 1.82) is 0 Å². The van der Waals surface area contributed by atoms with Crippen molar-refractivity contribution in [3.63, 3.8) is 0 Å². The second-order valence-electron chi connectivity index (χ2n) is 6.21. The molecule has 0 radical (unpaired) electrons. The Morgan fingerprint density at radius 2 is 1.84 bits per heavy atom. The van der Waals surface area contributed by atoms with Crippen LogP contribution in [0.5, 0.6) is 0 Å². The number of halogens is 3. The highest BCUT2D eigenvalue weighted by atomic mass is 32.2. The Morgan fingerprint density at radius 1 is 1.20 bits per heavy atom. The summed E-state index contributed by atoms with van der Waals surface area (Å²) in [5.74, 6) is 0. The van der Waals surface area contributed by atoms with Gasteiger partial charge in [0.1, 0.15) is 6.61 Å². The smallest absolute Gasteiger partial charge is 0.367 e. The van der Waals surface area contributed by atoms with Gasteiger partial charge in [0.2, 0.25) is 0 Å². The molecule has 0 amide bonds. The molecule has 1 saturated heterocycles. The fourth-order valence-corrected chi connectivity index (χ4v) is 4.19. The van der Waals surface area contributed by atoms with E-state index < -0.39 is 23.0 Å². The zero-order valence-corrected chi connectivity index (χ0v) is 14.9. The summed E-state index contributed by atoms with van der Waals surface area (Å²) in [7, 11) is -3.54. The molecule has 1 aliphatic rings. The van der Waals surface area contributed by atoms with Gasteiger partial charge >= 0.3 is 6.18 Å². The number of nitrogens with zero attached hydrogens (tertiary/aromatic N) is 1. The van der Waals surface area contributed by atoms with Crippen LogP contribution in [-0.4, -0.2) is 38.1 Å². The van der Waals surface area contributed by atoms with Gasteiger partial charge in [-0.25, -0.2) is 0 Å². The van der Waals surface area contributed by atoms with Crippen molar-refractivity contribution in [2.24, 2.45) is 0 Å². The highest BCUT2D eigenvalue weighted by Gasteiger charge is 2.29. The predicted molar refractivity (Wildman–Crippen MR) is 87.9 cm³/mol. The molecule has 0 saturated carbocycles. The minimum atomic E-state index is -4.34. The van der Waals surface area contributed by atoms with E-state index in [0.29, 0.717) is 12.1 Å². The summed E-state index contributed by atoms with van der Waals surface area (Å²) in [6, 6.07) is 6.59. The van der Waals surface area contributed by atoms with Crippen LogP contribution < -0.4 is 4.72 Å². The van der Waals surface area contributed by atoms with Crippen molar-refractivity contribution >= 4 is 10.2 Å². The third kappa shape index (κ3) is 6.58. The van der Waals surface area contributed by atoms with Crippen molar-refractivity contribution in [2.45, 2.75) is 51.6 Å². The molecule has 142 valence electrons. The number of rotatable bonds is 7. The maximum Gasteiger partial charge on any atom is 0.411 e. The largest absolute Gasteiger partial charge is 0.411 e. The molecule has 1 fully saturated rings. The number of benzene rings is 1. The molecule has 1 unspecified atom stereocenters.